The molecule has 0 spiro atoms. The minimum atomic E-state index is -4.58. The van der Waals surface area contributed by atoms with Gasteiger partial charge in [-0.1, -0.05) is 6.92 Å². The molecule has 3 aliphatic heterocycles. The summed E-state index contributed by atoms with van der Waals surface area (Å²) in [6, 6.07) is 8.39. The molecule has 0 bridgehead atoms. The van der Waals surface area contributed by atoms with Crippen LogP contribution < -0.4 is 9.64 Å². The van der Waals surface area contributed by atoms with Crippen molar-refractivity contribution in [3.63, 3.8) is 0 Å². The average molecular weight is 718 g/mol. The molecule has 49 heavy (non-hydrogen) atoms. The van der Waals surface area contributed by atoms with Crippen molar-refractivity contribution < 1.29 is 26.1 Å². The van der Waals surface area contributed by atoms with Gasteiger partial charge in [0.1, 0.15) is 15.4 Å². The van der Waals surface area contributed by atoms with E-state index >= 15 is 8.78 Å². The van der Waals surface area contributed by atoms with E-state index in [1.165, 1.54) is 32.1 Å². The number of piperazine rings is 1. The van der Waals surface area contributed by atoms with Crippen molar-refractivity contribution in [3.05, 3.63) is 48.2 Å². The van der Waals surface area contributed by atoms with E-state index in [0.29, 0.717) is 46.7 Å². The van der Waals surface area contributed by atoms with E-state index in [1.807, 2.05) is 4.90 Å². The lowest BCUT2D eigenvalue weighted by Gasteiger charge is -2.46. The van der Waals surface area contributed by atoms with Gasteiger partial charge in [-0.15, -0.1) is 0 Å². The molecule has 6 rings (SSSR count). The maximum absolute atomic E-state index is 15.6. The number of halogens is 2. The largest absolute Gasteiger partial charge is 0.485 e. The highest BCUT2D eigenvalue weighted by Gasteiger charge is 2.35. The first-order valence-corrected chi connectivity index (χ1v) is 20.4. The Bertz CT molecular complexity index is 1800. The summed E-state index contributed by atoms with van der Waals surface area (Å²) in [5.74, 6) is -3.21. The Labute approximate surface area is 292 Å². The molecule has 3 aromatic rings. The maximum Gasteiger partial charge on any atom is 0.213 e. The standard InChI is InChI=1S/C36H49F2N5O4S2/c1-6-40-15-11-25(12-16-40)41-19-21-42(22-20-41)26-13-17-43(18-14-26)35-28-23-27(48(5)44)7-8-29(28)39-24-32(35)49(45,46)31-10-9-30(33(37)34(31)38)47-36(2,3)4/h7-10,23-26H,6,11-22H2,1-5H3. The summed E-state index contributed by atoms with van der Waals surface area (Å²) < 4.78 is 77.4. The molecule has 13 heteroatoms. The number of likely N-dealkylation sites (tertiary alicyclic amines) is 1. The van der Waals surface area contributed by atoms with Crippen molar-refractivity contribution in [2.45, 2.75) is 85.7 Å². The van der Waals surface area contributed by atoms with Crippen LogP contribution in [-0.4, -0.2) is 115 Å². The normalized spacial score (nSPS) is 20.6. The third-order valence-electron chi connectivity index (χ3n) is 10.3. The fourth-order valence-electron chi connectivity index (χ4n) is 7.61. The Morgan fingerprint density at radius 2 is 1.45 bits per heavy atom. The molecule has 1 unspecified atom stereocenters. The van der Waals surface area contributed by atoms with E-state index in [9.17, 15) is 12.6 Å². The molecule has 1 aromatic heterocycles. The van der Waals surface area contributed by atoms with Crippen LogP contribution in [0.1, 0.15) is 53.4 Å². The number of rotatable bonds is 8. The van der Waals surface area contributed by atoms with Crippen LogP contribution in [0.5, 0.6) is 5.75 Å². The molecule has 9 nitrogen and oxygen atoms in total. The first-order valence-electron chi connectivity index (χ1n) is 17.4. The number of ether oxygens (including phenoxy) is 1. The summed E-state index contributed by atoms with van der Waals surface area (Å²) in [6.07, 6.45) is 6.93. The van der Waals surface area contributed by atoms with Crippen molar-refractivity contribution in [3.8, 4) is 5.75 Å². The molecule has 0 aliphatic carbocycles. The van der Waals surface area contributed by atoms with Gasteiger partial charge in [-0.3, -0.25) is 19.0 Å². The molecule has 1 atom stereocenters. The fourth-order valence-corrected chi connectivity index (χ4v) is 9.65. The predicted molar refractivity (Wildman–Crippen MR) is 190 cm³/mol. The lowest BCUT2D eigenvalue weighted by Crippen LogP contribution is -2.56. The summed E-state index contributed by atoms with van der Waals surface area (Å²) in [4.78, 5) is 13.8. The summed E-state index contributed by atoms with van der Waals surface area (Å²) >= 11 is 0. The monoisotopic (exact) mass is 717 g/mol. The van der Waals surface area contributed by atoms with Crippen LogP contribution in [0.2, 0.25) is 0 Å². The van der Waals surface area contributed by atoms with Gasteiger partial charge in [0.05, 0.1) is 11.2 Å². The molecule has 2 aromatic carbocycles. The van der Waals surface area contributed by atoms with Gasteiger partial charge in [-0.25, -0.2) is 12.8 Å². The number of benzene rings is 2. The Balaban J connectivity index is 1.26. The molecule has 4 heterocycles. The van der Waals surface area contributed by atoms with Gasteiger partial charge in [-0.2, -0.15) is 4.39 Å². The van der Waals surface area contributed by atoms with Crippen LogP contribution in [0.4, 0.5) is 14.5 Å². The highest BCUT2D eigenvalue weighted by Crippen LogP contribution is 2.40. The lowest BCUT2D eigenvalue weighted by atomic mass is 9.99. The van der Waals surface area contributed by atoms with Crippen molar-refractivity contribution in [1.82, 2.24) is 19.7 Å². The number of piperidine rings is 2. The Morgan fingerprint density at radius 1 is 0.857 bits per heavy atom. The Hall–Kier alpha value is -2.71. The zero-order valence-electron chi connectivity index (χ0n) is 29.3. The highest BCUT2D eigenvalue weighted by atomic mass is 32.2. The van der Waals surface area contributed by atoms with Gasteiger partial charge < -0.3 is 14.5 Å². The molecule has 0 N–H and O–H groups in total. The molecule has 0 amide bonds. The van der Waals surface area contributed by atoms with Crippen molar-refractivity contribution in [2.75, 3.05) is 70.1 Å². The molecule has 3 aliphatic rings. The van der Waals surface area contributed by atoms with E-state index in [2.05, 4.69) is 26.6 Å². The summed E-state index contributed by atoms with van der Waals surface area (Å²) in [7, 11) is -5.91. The first kappa shape index (κ1) is 36.1. The zero-order chi connectivity index (χ0) is 35.1. The van der Waals surface area contributed by atoms with Gasteiger partial charge in [0.25, 0.3) is 0 Å². The maximum atomic E-state index is 15.6. The third kappa shape index (κ3) is 7.66. The number of hydrogen-bond acceptors (Lipinski definition) is 9. The van der Waals surface area contributed by atoms with Crippen LogP contribution in [-0.2, 0) is 20.6 Å². The molecule has 3 saturated heterocycles. The van der Waals surface area contributed by atoms with Gasteiger partial charge in [0.2, 0.25) is 15.7 Å². The van der Waals surface area contributed by atoms with Crippen LogP contribution in [0.15, 0.2) is 51.2 Å². The van der Waals surface area contributed by atoms with E-state index in [0.717, 1.165) is 57.7 Å². The van der Waals surface area contributed by atoms with Crippen molar-refractivity contribution in [2.24, 2.45) is 0 Å². The van der Waals surface area contributed by atoms with Crippen LogP contribution >= 0.6 is 0 Å². The number of aromatic nitrogens is 1. The number of fused-ring (bicyclic) bond motifs is 1. The van der Waals surface area contributed by atoms with Crippen LogP contribution in [0, 0.1) is 11.6 Å². The number of pyridine rings is 1. The van der Waals surface area contributed by atoms with Gasteiger partial charge in [-0.05, 0) is 96.4 Å². The molecular formula is C36H49F2N5O4S2. The average Bonchev–Trinajstić information content (AvgIpc) is 3.09. The number of sulfone groups is 1. The van der Waals surface area contributed by atoms with Crippen LogP contribution in [0.3, 0.4) is 0 Å². The molecular weight excluding hydrogens is 669 g/mol. The van der Waals surface area contributed by atoms with Crippen LogP contribution in [0.25, 0.3) is 10.9 Å². The number of hydrogen-bond donors (Lipinski definition) is 0. The van der Waals surface area contributed by atoms with Gasteiger partial charge in [0, 0.05) is 84.9 Å². The minimum Gasteiger partial charge on any atom is -0.485 e. The quantitative estimate of drug-likeness (QED) is 0.307. The lowest BCUT2D eigenvalue weighted by molar-refractivity contribution is 0.0384. The molecule has 3 fully saturated rings. The minimum absolute atomic E-state index is 0.206. The van der Waals surface area contributed by atoms with E-state index in [-0.39, 0.29) is 10.6 Å². The second kappa shape index (κ2) is 14.5. The second-order valence-corrected chi connectivity index (χ2v) is 17.7. The Morgan fingerprint density at radius 3 is 2.00 bits per heavy atom. The smallest absolute Gasteiger partial charge is 0.213 e. The third-order valence-corrected chi connectivity index (χ3v) is 13.0. The predicted octanol–water partition coefficient (Wildman–Crippen LogP) is 5.33. The summed E-state index contributed by atoms with van der Waals surface area (Å²) in [6.45, 7) is 16.1. The summed E-state index contributed by atoms with van der Waals surface area (Å²) in [5, 5.41) is 0.517. The molecule has 0 radical (unpaired) electrons. The molecule has 268 valence electrons. The fraction of sp³-hybridized carbons (Fsp3) is 0.583. The van der Waals surface area contributed by atoms with E-state index in [1.54, 1.807) is 45.2 Å². The SMILES string of the molecule is CCN1CCC(N2CCN(C3CCN(c4c(S(=O)(=O)c5ccc(OC(C)(C)C)c(F)c5F)cnc5ccc(S(C)=O)cc45)CC3)CC2)CC1. The topological polar surface area (TPSA) is 86.3 Å². The van der Waals surface area contributed by atoms with E-state index in [4.69, 9.17) is 4.74 Å². The first-order chi connectivity index (χ1) is 23.3. The number of nitrogens with zero attached hydrogens (tertiary/aromatic N) is 5. The van der Waals surface area contributed by atoms with Crippen molar-refractivity contribution >= 4 is 37.2 Å². The Kier molecular flexibility index (Phi) is 10.7. The van der Waals surface area contributed by atoms with E-state index < -0.39 is 42.8 Å². The number of anilines is 1. The highest BCUT2D eigenvalue weighted by molar-refractivity contribution is 7.91. The summed E-state index contributed by atoms with van der Waals surface area (Å²) in [5.41, 5.74) is 0.104. The zero-order valence-corrected chi connectivity index (χ0v) is 30.9. The van der Waals surface area contributed by atoms with Crippen molar-refractivity contribution in [1.29, 1.82) is 0 Å². The molecule has 0 saturated carbocycles. The van der Waals surface area contributed by atoms with Gasteiger partial charge >= 0.3 is 0 Å². The van der Waals surface area contributed by atoms with Gasteiger partial charge in [0.15, 0.2) is 11.6 Å². The second-order valence-electron chi connectivity index (χ2n) is 14.5.